The number of aryl methyl sites for hydroxylation is 1. The van der Waals surface area contributed by atoms with Crippen LogP contribution in [0.25, 0.3) is 0 Å². The van der Waals surface area contributed by atoms with Gasteiger partial charge in [0.05, 0.1) is 11.4 Å². The predicted molar refractivity (Wildman–Crippen MR) is 115 cm³/mol. The van der Waals surface area contributed by atoms with Gasteiger partial charge in [-0.3, -0.25) is 4.79 Å². The quantitative estimate of drug-likeness (QED) is 0.723. The maximum absolute atomic E-state index is 12.8. The molecule has 0 unspecified atom stereocenters. The summed E-state index contributed by atoms with van der Waals surface area (Å²) in [6, 6.07) is 15.3. The van der Waals surface area contributed by atoms with Gasteiger partial charge in [0.15, 0.2) is 0 Å². The highest BCUT2D eigenvalue weighted by atomic mass is 32.2. The second kappa shape index (κ2) is 9.11. The van der Waals surface area contributed by atoms with E-state index in [1.807, 2.05) is 61.7 Å². The van der Waals surface area contributed by atoms with Crippen molar-refractivity contribution in [3.8, 4) is 0 Å². The van der Waals surface area contributed by atoms with Crippen molar-refractivity contribution in [2.75, 3.05) is 24.7 Å². The van der Waals surface area contributed by atoms with Gasteiger partial charge in [0.1, 0.15) is 0 Å². The first-order valence-electron chi connectivity index (χ1n) is 9.37. The molecule has 1 saturated heterocycles. The van der Waals surface area contributed by atoms with E-state index >= 15 is 0 Å². The topological polar surface area (TPSA) is 66.5 Å². The van der Waals surface area contributed by atoms with Crippen LogP contribution in [0.1, 0.15) is 24.0 Å². The second-order valence-electron chi connectivity index (χ2n) is 7.05. The highest BCUT2D eigenvalue weighted by Gasteiger charge is 2.31. The number of nitrogens with one attached hydrogen (secondary N) is 1. The summed E-state index contributed by atoms with van der Waals surface area (Å²) in [6.45, 7) is 2.70. The summed E-state index contributed by atoms with van der Waals surface area (Å²) in [5.74, 6) is -0.185. The molecule has 0 saturated carbocycles. The zero-order valence-electron chi connectivity index (χ0n) is 16.2. The van der Waals surface area contributed by atoms with Crippen molar-refractivity contribution in [2.24, 2.45) is 5.92 Å². The molecule has 2 aromatic carbocycles. The summed E-state index contributed by atoms with van der Waals surface area (Å²) >= 11 is 1.59. The number of piperidine rings is 1. The van der Waals surface area contributed by atoms with Crippen LogP contribution in [0, 0.1) is 12.8 Å². The van der Waals surface area contributed by atoms with Crippen molar-refractivity contribution in [1.29, 1.82) is 0 Å². The molecule has 1 aliphatic rings. The number of para-hydroxylation sites is 1. The van der Waals surface area contributed by atoms with E-state index in [0.717, 1.165) is 21.7 Å². The molecule has 1 fully saturated rings. The molecule has 0 radical (unpaired) electrons. The van der Waals surface area contributed by atoms with Crippen LogP contribution in [0.2, 0.25) is 0 Å². The van der Waals surface area contributed by atoms with Crippen LogP contribution in [0.5, 0.6) is 0 Å². The molecule has 150 valence electrons. The fourth-order valence-electron chi connectivity index (χ4n) is 3.44. The lowest BCUT2D eigenvalue weighted by Gasteiger charge is -2.30. The maximum Gasteiger partial charge on any atom is 0.227 e. The van der Waals surface area contributed by atoms with Crippen molar-refractivity contribution in [3.63, 3.8) is 0 Å². The van der Waals surface area contributed by atoms with Gasteiger partial charge in [0.25, 0.3) is 0 Å². The number of thioether (sulfide) groups is 1. The summed E-state index contributed by atoms with van der Waals surface area (Å²) in [5.41, 5.74) is 2.62. The van der Waals surface area contributed by atoms with Crippen LogP contribution in [0.15, 0.2) is 53.4 Å². The van der Waals surface area contributed by atoms with Crippen LogP contribution in [0.4, 0.5) is 5.69 Å². The Morgan fingerprint density at radius 2 is 1.75 bits per heavy atom. The third-order valence-electron chi connectivity index (χ3n) is 5.18. The van der Waals surface area contributed by atoms with Gasteiger partial charge < -0.3 is 5.32 Å². The number of anilines is 1. The number of amides is 1. The molecule has 5 nitrogen and oxygen atoms in total. The first-order valence-corrected chi connectivity index (χ1v) is 12.2. The van der Waals surface area contributed by atoms with E-state index in [2.05, 4.69) is 5.32 Å². The standard InChI is InChI=1S/C21H26N2O3S2/c1-16-7-3-4-8-18(16)15-28(25,26)23-13-11-17(12-14-23)21(24)22-19-9-5-6-10-20(19)27-2/h3-10,17H,11-15H2,1-2H3,(H,22,24). The van der Waals surface area contributed by atoms with Gasteiger partial charge in [-0.1, -0.05) is 36.4 Å². The molecule has 0 bridgehead atoms. The zero-order valence-corrected chi connectivity index (χ0v) is 17.9. The molecular weight excluding hydrogens is 392 g/mol. The molecule has 0 spiro atoms. The van der Waals surface area contributed by atoms with Gasteiger partial charge in [-0.25, -0.2) is 12.7 Å². The Hall–Kier alpha value is -1.83. The van der Waals surface area contributed by atoms with Crippen LogP contribution >= 0.6 is 11.8 Å². The molecule has 0 aromatic heterocycles. The molecule has 7 heteroatoms. The minimum absolute atomic E-state index is 0.0115. The van der Waals surface area contributed by atoms with E-state index in [-0.39, 0.29) is 17.6 Å². The van der Waals surface area contributed by atoms with Gasteiger partial charge in [0.2, 0.25) is 15.9 Å². The zero-order chi connectivity index (χ0) is 20.1. The Morgan fingerprint density at radius 3 is 2.43 bits per heavy atom. The molecular formula is C21H26N2O3S2. The first kappa shape index (κ1) is 20.9. The third kappa shape index (κ3) is 4.96. The third-order valence-corrected chi connectivity index (χ3v) is 7.81. The molecule has 3 rings (SSSR count). The van der Waals surface area contributed by atoms with Crippen molar-refractivity contribution < 1.29 is 13.2 Å². The number of carbonyl (C=O) groups excluding carboxylic acids is 1. The Morgan fingerprint density at radius 1 is 1.11 bits per heavy atom. The molecule has 0 atom stereocenters. The lowest BCUT2D eigenvalue weighted by Crippen LogP contribution is -2.42. The largest absolute Gasteiger partial charge is 0.325 e. The molecule has 1 N–H and O–H groups in total. The molecule has 1 heterocycles. The lowest BCUT2D eigenvalue weighted by molar-refractivity contribution is -0.120. The second-order valence-corrected chi connectivity index (χ2v) is 9.86. The van der Waals surface area contributed by atoms with Crippen LogP contribution in [-0.4, -0.2) is 38.0 Å². The predicted octanol–water partition coefficient (Wildman–Crippen LogP) is 3.90. The number of hydrogen-bond acceptors (Lipinski definition) is 4. The van der Waals surface area contributed by atoms with Gasteiger partial charge in [0, 0.05) is 23.9 Å². The Balaban J connectivity index is 1.59. The number of hydrogen-bond donors (Lipinski definition) is 1. The maximum atomic E-state index is 12.8. The van der Waals surface area contributed by atoms with Crippen LogP contribution < -0.4 is 5.32 Å². The average Bonchev–Trinajstić information content (AvgIpc) is 2.70. The van der Waals surface area contributed by atoms with Gasteiger partial charge in [-0.05, 0) is 49.3 Å². The van der Waals surface area contributed by atoms with Crippen molar-refractivity contribution in [3.05, 3.63) is 59.7 Å². The smallest absolute Gasteiger partial charge is 0.227 e. The van der Waals surface area contributed by atoms with Gasteiger partial charge in [-0.15, -0.1) is 11.8 Å². The van der Waals surface area contributed by atoms with Gasteiger partial charge in [-0.2, -0.15) is 0 Å². The Labute approximate surface area is 171 Å². The monoisotopic (exact) mass is 418 g/mol. The molecule has 1 amide bonds. The normalized spacial score (nSPS) is 16.1. The first-order chi connectivity index (χ1) is 13.4. The van der Waals surface area contributed by atoms with E-state index in [4.69, 9.17) is 0 Å². The van der Waals surface area contributed by atoms with E-state index in [1.165, 1.54) is 4.31 Å². The van der Waals surface area contributed by atoms with Crippen molar-refractivity contribution in [1.82, 2.24) is 4.31 Å². The lowest BCUT2D eigenvalue weighted by atomic mass is 9.97. The summed E-state index contributed by atoms with van der Waals surface area (Å²) < 4.78 is 27.1. The summed E-state index contributed by atoms with van der Waals surface area (Å²) in [6.07, 6.45) is 3.06. The fraction of sp³-hybridized carbons (Fsp3) is 0.381. The van der Waals surface area contributed by atoms with Gasteiger partial charge >= 0.3 is 0 Å². The minimum atomic E-state index is -3.38. The van der Waals surface area contributed by atoms with Crippen molar-refractivity contribution in [2.45, 2.75) is 30.4 Å². The average molecular weight is 419 g/mol. The summed E-state index contributed by atoms with van der Waals surface area (Å²) in [4.78, 5) is 13.7. The number of sulfonamides is 1. The Bertz CT molecular complexity index is 936. The van der Waals surface area contributed by atoms with E-state index in [9.17, 15) is 13.2 Å². The summed E-state index contributed by atoms with van der Waals surface area (Å²) in [7, 11) is -3.38. The van der Waals surface area contributed by atoms with E-state index in [0.29, 0.717) is 25.9 Å². The SMILES string of the molecule is CSc1ccccc1NC(=O)C1CCN(S(=O)(=O)Cc2ccccc2C)CC1. The van der Waals surface area contributed by atoms with Crippen LogP contribution in [0.3, 0.4) is 0 Å². The molecule has 28 heavy (non-hydrogen) atoms. The number of benzene rings is 2. The highest BCUT2D eigenvalue weighted by Crippen LogP contribution is 2.27. The van der Waals surface area contributed by atoms with E-state index < -0.39 is 10.0 Å². The summed E-state index contributed by atoms with van der Waals surface area (Å²) in [5, 5.41) is 3.00. The van der Waals surface area contributed by atoms with Crippen molar-refractivity contribution >= 4 is 33.4 Å². The minimum Gasteiger partial charge on any atom is -0.325 e. The number of carbonyl (C=O) groups is 1. The fourth-order valence-corrected chi connectivity index (χ4v) is 5.66. The highest BCUT2D eigenvalue weighted by molar-refractivity contribution is 7.98. The molecule has 0 aliphatic carbocycles. The number of nitrogens with zero attached hydrogens (tertiary/aromatic N) is 1. The van der Waals surface area contributed by atoms with Crippen LogP contribution in [-0.2, 0) is 20.6 Å². The molecule has 1 aliphatic heterocycles. The Kier molecular flexibility index (Phi) is 6.80. The molecule has 2 aromatic rings. The van der Waals surface area contributed by atoms with E-state index in [1.54, 1.807) is 11.8 Å². The number of rotatable bonds is 6.